The highest BCUT2D eigenvalue weighted by Gasteiger charge is 2.48. The first kappa shape index (κ1) is 42.1. The van der Waals surface area contributed by atoms with Gasteiger partial charge in [-0.05, 0) is 139 Å². The molecule has 1 unspecified atom stereocenters. The Kier molecular flexibility index (Phi) is 12.0. The largest absolute Gasteiger partial charge is 0.416 e. The van der Waals surface area contributed by atoms with Crippen molar-refractivity contribution in [3.63, 3.8) is 0 Å². The first-order chi connectivity index (χ1) is 28.7. The number of halogens is 6. The van der Waals surface area contributed by atoms with Crippen LogP contribution < -0.4 is 26.5 Å². The zero-order valence-electron chi connectivity index (χ0n) is 33.4. The molecule has 0 spiro atoms. The zero-order valence-corrected chi connectivity index (χ0v) is 35.2. The minimum absolute atomic E-state index is 0.00966. The van der Waals surface area contributed by atoms with Crippen LogP contribution in [-0.4, -0.2) is 35.8 Å². The Morgan fingerprint density at radius 1 is 0.550 bits per heavy atom. The van der Waals surface area contributed by atoms with Crippen LogP contribution in [0.2, 0.25) is 0 Å². The summed E-state index contributed by atoms with van der Waals surface area (Å²) in [6.45, 7) is 2.20. The maximum Gasteiger partial charge on any atom is 0.416 e. The second kappa shape index (κ2) is 17.1. The molecular formula is C50H45F6NOP2. The quantitative estimate of drug-likeness (QED) is 0.109. The van der Waals surface area contributed by atoms with Crippen molar-refractivity contribution in [2.45, 2.75) is 49.9 Å². The Morgan fingerprint density at radius 3 is 1.47 bits per heavy atom. The van der Waals surface area contributed by atoms with Crippen LogP contribution in [0, 0.1) is 11.8 Å². The molecule has 7 aromatic carbocycles. The normalized spacial score (nSPS) is 18.5. The summed E-state index contributed by atoms with van der Waals surface area (Å²) in [7, 11) is 1.29. The number of fused-ring (bicyclic) bond motifs is 2. The van der Waals surface area contributed by atoms with Gasteiger partial charge in [0.1, 0.15) is 0 Å². The molecule has 8 rings (SSSR count). The van der Waals surface area contributed by atoms with Crippen molar-refractivity contribution in [3.8, 4) is 0 Å². The maximum atomic E-state index is 13.8. The van der Waals surface area contributed by atoms with E-state index < -0.39 is 45.4 Å². The van der Waals surface area contributed by atoms with E-state index in [1.54, 1.807) is 0 Å². The van der Waals surface area contributed by atoms with Gasteiger partial charge in [0.15, 0.2) is 0 Å². The molecule has 2 nitrogen and oxygen atoms in total. The Bertz CT molecular complexity index is 2440. The molecule has 0 aromatic heterocycles. The minimum Gasteiger partial charge on any atom is -0.388 e. The van der Waals surface area contributed by atoms with E-state index in [1.165, 1.54) is 45.6 Å². The molecule has 10 heteroatoms. The van der Waals surface area contributed by atoms with Crippen LogP contribution in [0.1, 0.15) is 42.6 Å². The lowest BCUT2D eigenvalue weighted by atomic mass is 9.82. The third-order valence-corrected chi connectivity index (χ3v) is 17.9. The average Bonchev–Trinajstić information content (AvgIpc) is 3.68. The number of nitrogens with zero attached hydrogens (tertiary/aromatic N) is 1. The van der Waals surface area contributed by atoms with E-state index in [0.717, 1.165) is 47.9 Å². The van der Waals surface area contributed by atoms with Crippen LogP contribution in [0.5, 0.6) is 0 Å². The van der Waals surface area contributed by atoms with E-state index in [0.29, 0.717) is 21.5 Å². The van der Waals surface area contributed by atoms with E-state index in [2.05, 4.69) is 98.7 Å². The van der Waals surface area contributed by atoms with Crippen LogP contribution in [0.4, 0.5) is 26.3 Å². The molecule has 1 fully saturated rings. The van der Waals surface area contributed by atoms with Gasteiger partial charge in [0.25, 0.3) is 0 Å². The molecule has 1 aliphatic carbocycles. The Morgan fingerprint density at radius 2 is 0.983 bits per heavy atom. The standard InChI is InChI=1S/C50H45F6NOP2/c1-32(57(2)3)39-30-31-46(60(43-20-10-14-33-12-4-6-16-40(33)43)44-21-11-15-34-13-5-7-17-41(34)44)47(39)48(58)42-18-8-9-19-45(42)59(37-26-22-35(23-27-37)49(51,52)53)38-28-24-36(25-29-38)50(54,55)56/h4-29,32,39,46-48,58H,30-31H2,1-3H3/t32-,39?,46+,47-,48+/m1/s1. The van der Waals surface area contributed by atoms with Crippen LogP contribution in [0.3, 0.4) is 0 Å². The predicted molar refractivity (Wildman–Crippen MR) is 237 cm³/mol. The Labute approximate surface area is 349 Å². The number of alkyl halides is 6. The van der Waals surface area contributed by atoms with Crippen molar-refractivity contribution >= 4 is 63.9 Å². The van der Waals surface area contributed by atoms with Crippen molar-refractivity contribution in [1.82, 2.24) is 4.90 Å². The molecular weight excluding hydrogens is 806 g/mol. The smallest absolute Gasteiger partial charge is 0.388 e. The molecule has 0 aliphatic heterocycles. The molecule has 0 saturated heterocycles. The molecule has 0 radical (unpaired) electrons. The Balaban J connectivity index is 1.32. The van der Waals surface area contributed by atoms with E-state index >= 15 is 0 Å². The SMILES string of the molecule is C[C@H](C1CC[C@H](P(c2cccc3ccccc23)c2cccc3ccccc23)[C@@H]1[C@@H](O)c1ccccc1P(c1ccc(C(F)(F)F)cc1)c1ccc(C(F)(F)F)cc1)N(C)C. The summed E-state index contributed by atoms with van der Waals surface area (Å²) >= 11 is 0. The fourth-order valence-corrected chi connectivity index (χ4v) is 15.2. The topological polar surface area (TPSA) is 23.5 Å². The van der Waals surface area contributed by atoms with Gasteiger partial charge in [0, 0.05) is 12.0 Å². The molecule has 0 amide bonds. The number of aliphatic hydroxyl groups excluding tert-OH is 1. The Hall–Kier alpha value is -4.58. The molecule has 60 heavy (non-hydrogen) atoms. The van der Waals surface area contributed by atoms with E-state index in [9.17, 15) is 31.4 Å². The summed E-state index contributed by atoms with van der Waals surface area (Å²) in [6.07, 6.45) is -8.41. The van der Waals surface area contributed by atoms with Crippen molar-refractivity contribution in [2.75, 3.05) is 14.1 Å². The first-order valence-corrected chi connectivity index (χ1v) is 22.8. The summed E-state index contributed by atoms with van der Waals surface area (Å²) in [5, 5.41) is 22.2. The summed E-state index contributed by atoms with van der Waals surface area (Å²) in [5.41, 5.74) is -0.976. The lowest BCUT2D eigenvalue weighted by molar-refractivity contribution is -0.138. The average molecular weight is 852 g/mol. The zero-order chi connectivity index (χ0) is 42.3. The van der Waals surface area contributed by atoms with Crippen LogP contribution >= 0.6 is 15.8 Å². The van der Waals surface area contributed by atoms with Gasteiger partial charge in [0.05, 0.1) is 17.2 Å². The molecule has 308 valence electrons. The lowest BCUT2D eigenvalue weighted by Crippen LogP contribution is -2.40. The minimum atomic E-state index is -4.56. The van der Waals surface area contributed by atoms with Crippen LogP contribution in [-0.2, 0) is 12.4 Å². The van der Waals surface area contributed by atoms with Gasteiger partial charge in [-0.25, -0.2) is 0 Å². The van der Waals surface area contributed by atoms with Crippen molar-refractivity contribution in [3.05, 3.63) is 174 Å². The summed E-state index contributed by atoms with van der Waals surface area (Å²) in [5.74, 6) is -0.198. The lowest BCUT2D eigenvalue weighted by Gasteiger charge is -2.40. The number of rotatable bonds is 10. The van der Waals surface area contributed by atoms with Crippen molar-refractivity contribution < 1.29 is 31.4 Å². The molecule has 0 bridgehead atoms. The van der Waals surface area contributed by atoms with Gasteiger partial charge in [-0.1, -0.05) is 133 Å². The van der Waals surface area contributed by atoms with Gasteiger partial charge in [-0.3, -0.25) is 0 Å². The van der Waals surface area contributed by atoms with E-state index in [4.69, 9.17) is 0 Å². The fourth-order valence-electron chi connectivity index (χ4n) is 9.22. The van der Waals surface area contributed by atoms with Crippen LogP contribution in [0.25, 0.3) is 21.5 Å². The van der Waals surface area contributed by atoms with E-state index in [1.807, 2.05) is 36.4 Å². The predicted octanol–water partition coefficient (Wildman–Crippen LogP) is 11.3. The highest BCUT2D eigenvalue weighted by Crippen LogP contribution is 2.58. The number of hydrogen-bond donors (Lipinski definition) is 1. The van der Waals surface area contributed by atoms with Gasteiger partial charge >= 0.3 is 12.4 Å². The van der Waals surface area contributed by atoms with Crippen molar-refractivity contribution in [2.24, 2.45) is 11.8 Å². The van der Waals surface area contributed by atoms with Gasteiger partial charge in [0.2, 0.25) is 0 Å². The van der Waals surface area contributed by atoms with Gasteiger partial charge in [-0.2, -0.15) is 26.3 Å². The number of benzene rings is 7. The molecule has 7 aromatic rings. The number of hydrogen-bond acceptors (Lipinski definition) is 2. The highest BCUT2D eigenvalue weighted by atomic mass is 31.1. The van der Waals surface area contributed by atoms with Crippen LogP contribution in [0.15, 0.2) is 158 Å². The molecule has 1 N–H and O–H groups in total. The number of aliphatic hydroxyl groups is 1. The monoisotopic (exact) mass is 851 g/mol. The second-order valence-corrected chi connectivity index (χ2v) is 20.4. The first-order valence-electron chi connectivity index (χ1n) is 20.0. The molecule has 1 saturated carbocycles. The fraction of sp³-hybridized carbons (Fsp3) is 0.240. The van der Waals surface area contributed by atoms with Gasteiger partial charge < -0.3 is 10.0 Å². The molecule has 0 heterocycles. The summed E-state index contributed by atoms with van der Waals surface area (Å²) in [6, 6.07) is 47.2. The third kappa shape index (κ3) is 8.25. The maximum absolute atomic E-state index is 13.8. The van der Waals surface area contributed by atoms with Crippen molar-refractivity contribution in [1.29, 1.82) is 0 Å². The molecule has 5 atom stereocenters. The highest BCUT2D eigenvalue weighted by molar-refractivity contribution is 7.80. The summed E-state index contributed by atoms with van der Waals surface area (Å²) in [4.78, 5) is 2.20. The molecule has 1 aliphatic rings. The summed E-state index contributed by atoms with van der Waals surface area (Å²) < 4.78 is 82.8. The third-order valence-electron chi connectivity index (χ3n) is 12.3. The van der Waals surface area contributed by atoms with Gasteiger partial charge in [-0.15, -0.1) is 0 Å². The second-order valence-electron chi connectivity index (χ2n) is 15.9. The van der Waals surface area contributed by atoms with E-state index in [-0.39, 0.29) is 23.5 Å².